The molecule has 0 radical (unpaired) electrons. The lowest BCUT2D eigenvalue weighted by molar-refractivity contribution is 0.0944. The van der Waals surface area contributed by atoms with Crippen molar-refractivity contribution in [1.82, 2.24) is 10.3 Å². The number of halogens is 2. The van der Waals surface area contributed by atoms with Crippen LogP contribution in [0.1, 0.15) is 31.1 Å². The van der Waals surface area contributed by atoms with E-state index in [0.717, 1.165) is 0 Å². The van der Waals surface area contributed by atoms with Crippen LogP contribution in [0.3, 0.4) is 0 Å². The standard InChI is InChI=1S/C19H22Cl2N2O6S/c1-4-27-14-10-12(11-15(28-5-2)18(14)29-6-3)19(24)22-23-30(25,26)16-9-7-8-13(20)17(16)21/h7-11,23H,4-6H2,1-3H3,(H,22,24). The van der Waals surface area contributed by atoms with Gasteiger partial charge in [0.2, 0.25) is 5.75 Å². The summed E-state index contributed by atoms with van der Waals surface area (Å²) in [5.74, 6) is 0.234. The van der Waals surface area contributed by atoms with Crippen LogP contribution in [0.15, 0.2) is 35.2 Å². The molecule has 0 saturated carbocycles. The fraction of sp³-hybridized carbons (Fsp3) is 0.316. The fourth-order valence-electron chi connectivity index (χ4n) is 2.45. The Hall–Kier alpha value is -2.20. The smallest absolute Gasteiger partial charge is 0.266 e. The lowest BCUT2D eigenvalue weighted by atomic mass is 10.1. The maximum atomic E-state index is 12.6. The van der Waals surface area contributed by atoms with Gasteiger partial charge in [-0.05, 0) is 45.0 Å². The molecule has 2 aromatic rings. The monoisotopic (exact) mass is 476 g/mol. The van der Waals surface area contributed by atoms with Gasteiger partial charge in [-0.25, -0.2) is 8.42 Å². The molecule has 0 fully saturated rings. The normalized spacial score (nSPS) is 11.1. The molecule has 2 rings (SSSR count). The maximum Gasteiger partial charge on any atom is 0.266 e. The van der Waals surface area contributed by atoms with Crippen molar-refractivity contribution in [3.63, 3.8) is 0 Å². The first-order chi connectivity index (χ1) is 14.2. The lowest BCUT2D eigenvalue weighted by Crippen LogP contribution is -2.41. The van der Waals surface area contributed by atoms with E-state index >= 15 is 0 Å². The van der Waals surface area contributed by atoms with Gasteiger partial charge in [0.1, 0.15) is 4.90 Å². The van der Waals surface area contributed by atoms with Crippen LogP contribution in [-0.4, -0.2) is 34.1 Å². The molecule has 0 bridgehead atoms. The highest BCUT2D eigenvalue weighted by Crippen LogP contribution is 2.39. The molecule has 0 spiro atoms. The molecule has 0 unspecified atom stereocenters. The number of hydrogen-bond acceptors (Lipinski definition) is 6. The van der Waals surface area contributed by atoms with E-state index in [1.165, 1.54) is 30.3 Å². The first-order valence-corrected chi connectivity index (χ1v) is 11.3. The van der Waals surface area contributed by atoms with Crippen molar-refractivity contribution < 1.29 is 27.4 Å². The molecule has 0 aliphatic rings. The van der Waals surface area contributed by atoms with E-state index in [4.69, 9.17) is 37.4 Å². The predicted octanol–water partition coefficient (Wildman–Crippen LogP) is 3.81. The molecule has 2 aromatic carbocycles. The molecule has 0 aliphatic heterocycles. The number of carbonyl (C=O) groups excluding carboxylic acids is 1. The van der Waals surface area contributed by atoms with Crippen molar-refractivity contribution in [2.45, 2.75) is 25.7 Å². The minimum atomic E-state index is -4.16. The molecule has 164 valence electrons. The number of amides is 1. The molecular formula is C19H22Cl2N2O6S. The van der Waals surface area contributed by atoms with Gasteiger partial charge in [-0.15, -0.1) is 4.83 Å². The Morgan fingerprint density at radius 3 is 2.07 bits per heavy atom. The molecule has 11 heteroatoms. The average molecular weight is 477 g/mol. The van der Waals surface area contributed by atoms with Gasteiger partial charge in [0, 0.05) is 5.56 Å². The highest BCUT2D eigenvalue weighted by molar-refractivity contribution is 7.89. The number of benzene rings is 2. The number of nitrogens with one attached hydrogen (secondary N) is 2. The minimum absolute atomic E-state index is 0.0695. The van der Waals surface area contributed by atoms with Crippen molar-refractivity contribution in [3.8, 4) is 17.2 Å². The van der Waals surface area contributed by atoms with Crippen LogP contribution in [0.4, 0.5) is 0 Å². The number of hydrogen-bond donors (Lipinski definition) is 2. The number of carbonyl (C=O) groups is 1. The van der Waals surface area contributed by atoms with Gasteiger partial charge < -0.3 is 14.2 Å². The predicted molar refractivity (Wildman–Crippen MR) is 114 cm³/mol. The molecule has 2 N–H and O–H groups in total. The van der Waals surface area contributed by atoms with E-state index in [1.54, 1.807) is 13.8 Å². The van der Waals surface area contributed by atoms with Gasteiger partial charge in [-0.1, -0.05) is 29.3 Å². The second-order valence-electron chi connectivity index (χ2n) is 5.71. The first-order valence-electron chi connectivity index (χ1n) is 9.07. The maximum absolute atomic E-state index is 12.6. The summed E-state index contributed by atoms with van der Waals surface area (Å²) in [5.41, 5.74) is 2.25. The molecule has 0 atom stereocenters. The van der Waals surface area contributed by atoms with Crippen molar-refractivity contribution in [2.24, 2.45) is 0 Å². The number of sulfonamides is 1. The fourth-order valence-corrected chi connectivity index (χ4v) is 4.05. The van der Waals surface area contributed by atoms with Gasteiger partial charge in [0.25, 0.3) is 15.9 Å². The highest BCUT2D eigenvalue weighted by atomic mass is 35.5. The minimum Gasteiger partial charge on any atom is -0.490 e. The second kappa shape index (κ2) is 10.7. The molecule has 0 heterocycles. The number of ether oxygens (including phenoxy) is 3. The highest BCUT2D eigenvalue weighted by Gasteiger charge is 2.22. The summed E-state index contributed by atoms with van der Waals surface area (Å²) in [6.45, 7) is 6.40. The lowest BCUT2D eigenvalue weighted by Gasteiger charge is -2.17. The zero-order valence-corrected chi connectivity index (χ0v) is 19.0. The largest absolute Gasteiger partial charge is 0.490 e. The van der Waals surface area contributed by atoms with E-state index in [1.807, 2.05) is 11.8 Å². The summed E-state index contributed by atoms with van der Waals surface area (Å²) >= 11 is 11.8. The zero-order valence-electron chi connectivity index (χ0n) is 16.6. The van der Waals surface area contributed by atoms with Gasteiger partial charge in [-0.3, -0.25) is 10.2 Å². The molecule has 0 aliphatic carbocycles. The van der Waals surface area contributed by atoms with Crippen LogP contribution in [0.25, 0.3) is 0 Å². The van der Waals surface area contributed by atoms with Crippen LogP contribution in [0.5, 0.6) is 17.2 Å². The topological polar surface area (TPSA) is 103 Å². The molecule has 30 heavy (non-hydrogen) atoms. The Balaban J connectivity index is 2.30. The van der Waals surface area contributed by atoms with Gasteiger partial charge in [-0.2, -0.15) is 0 Å². The Morgan fingerprint density at radius 2 is 1.53 bits per heavy atom. The molecule has 8 nitrogen and oxygen atoms in total. The molecule has 1 amide bonds. The van der Waals surface area contributed by atoms with Crippen molar-refractivity contribution in [1.29, 1.82) is 0 Å². The SMILES string of the molecule is CCOc1cc(C(=O)NNS(=O)(=O)c2cccc(Cl)c2Cl)cc(OCC)c1OCC. The van der Waals surface area contributed by atoms with Crippen LogP contribution in [0, 0.1) is 0 Å². The average Bonchev–Trinajstić information content (AvgIpc) is 2.70. The van der Waals surface area contributed by atoms with Crippen molar-refractivity contribution in [2.75, 3.05) is 19.8 Å². The Kier molecular flexibility index (Phi) is 8.60. The van der Waals surface area contributed by atoms with E-state index in [9.17, 15) is 13.2 Å². The summed E-state index contributed by atoms with van der Waals surface area (Å²) in [7, 11) is -4.16. The third-order valence-electron chi connectivity index (χ3n) is 3.68. The van der Waals surface area contributed by atoms with E-state index in [-0.39, 0.29) is 20.5 Å². The van der Waals surface area contributed by atoms with Crippen molar-refractivity contribution >= 4 is 39.1 Å². The van der Waals surface area contributed by atoms with E-state index < -0.39 is 15.9 Å². The van der Waals surface area contributed by atoms with E-state index in [2.05, 4.69) is 5.43 Å². The quantitative estimate of drug-likeness (QED) is 0.505. The summed E-state index contributed by atoms with van der Waals surface area (Å²) in [6.07, 6.45) is 0. The molecule has 0 saturated heterocycles. The molecular weight excluding hydrogens is 455 g/mol. The summed E-state index contributed by atoms with van der Waals surface area (Å²) in [4.78, 5) is 14.3. The second-order valence-corrected chi connectivity index (χ2v) is 8.15. The molecule has 0 aromatic heterocycles. The first kappa shape index (κ1) is 24.1. The third-order valence-corrected chi connectivity index (χ3v) is 5.90. The number of rotatable bonds is 10. The van der Waals surface area contributed by atoms with Crippen LogP contribution < -0.4 is 24.5 Å². The summed E-state index contributed by atoms with van der Waals surface area (Å²) in [5, 5.41) is -0.0839. The summed E-state index contributed by atoms with van der Waals surface area (Å²) < 4.78 is 41.7. The van der Waals surface area contributed by atoms with Crippen molar-refractivity contribution in [3.05, 3.63) is 45.9 Å². The van der Waals surface area contributed by atoms with Crippen LogP contribution in [0.2, 0.25) is 10.0 Å². The Labute approximate surface area is 185 Å². The van der Waals surface area contributed by atoms with Gasteiger partial charge in [0.05, 0.1) is 29.9 Å². The Morgan fingerprint density at radius 1 is 0.967 bits per heavy atom. The van der Waals surface area contributed by atoms with E-state index in [0.29, 0.717) is 37.1 Å². The Bertz CT molecular complexity index is 987. The zero-order chi connectivity index (χ0) is 22.3. The van der Waals surface area contributed by atoms with Crippen LogP contribution >= 0.6 is 23.2 Å². The van der Waals surface area contributed by atoms with Crippen LogP contribution in [-0.2, 0) is 10.0 Å². The third kappa shape index (κ3) is 5.69. The van der Waals surface area contributed by atoms with Gasteiger partial charge >= 0.3 is 0 Å². The number of hydrazine groups is 1. The van der Waals surface area contributed by atoms with Gasteiger partial charge in [0.15, 0.2) is 11.5 Å². The summed E-state index contributed by atoms with van der Waals surface area (Å²) in [6, 6.07) is 7.02.